The topological polar surface area (TPSA) is 95.8 Å². The molecule has 0 radical (unpaired) electrons. The second kappa shape index (κ2) is 12.3. The number of aliphatic carboxylic acids is 1. The lowest BCUT2D eigenvalue weighted by Gasteiger charge is -2.37. The molecule has 1 aliphatic rings. The molecule has 1 fully saturated rings. The smallest absolute Gasteiger partial charge is 0.308 e. The minimum Gasteiger partial charge on any atom is -0.497 e. The van der Waals surface area contributed by atoms with Crippen molar-refractivity contribution in [2.45, 2.75) is 36.8 Å². The van der Waals surface area contributed by atoms with Gasteiger partial charge >= 0.3 is 5.97 Å². The van der Waals surface area contributed by atoms with Crippen molar-refractivity contribution in [3.63, 3.8) is 0 Å². The first kappa shape index (κ1) is 25.4. The van der Waals surface area contributed by atoms with Gasteiger partial charge < -0.3 is 19.8 Å². The Labute approximate surface area is 210 Å². The van der Waals surface area contributed by atoms with E-state index in [1.807, 2.05) is 42.5 Å². The maximum atomic E-state index is 12.1. The molecule has 3 atom stereocenters. The van der Waals surface area contributed by atoms with Crippen LogP contribution in [0.2, 0.25) is 0 Å². The van der Waals surface area contributed by atoms with E-state index in [1.54, 1.807) is 31.3 Å². The van der Waals surface area contributed by atoms with E-state index in [4.69, 9.17) is 4.74 Å². The van der Waals surface area contributed by atoms with Crippen LogP contribution in [-0.2, 0) is 4.79 Å². The van der Waals surface area contributed by atoms with Crippen LogP contribution in [0.1, 0.15) is 37.4 Å². The Morgan fingerprint density at radius 3 is 2.89 bits per heavy atom. The third-order valence-electron chi connectivity index (χ3n) is 6.82. The molecule has 0 spiro atoms. The van der Waals surface area contributed by atoms with E-state index in [0.29, 0.717) is 19.4 Å². The molecule has 1 aliphatic heterocycles. The van der Waals surface area contributed by atoms with E-state index in [9.17, 15) is 15.0 Å². The lowest BCUT2D eigenvalue weighted by molar-refractivity contribution is -0.146. The van der Waals surface area contributed by atoms with Gasteiger partial charge in [0.05, 0.1) is 29.7 Å². The molecule has 0 amide bonds. The summed E-state index contributed by atoms with van der Waals surface area (Å²) in [5.41, 5.74) is 1.61. The molecule has 4 rings (SSSR count). The molecule has 0 bridgehead atoms. The molecule has 0 saturated carbocycles. The maximum absolute atomic E-state index is 12.1. The number of aromatic nitrogens is 2. The monoisotopic (exact) mass is 495 g/mol. The molecule has 3 heterocycles. The van der Waals surface area contributed by atoms with E-state index >= 15 is 0 Å². The average Bonchev–Trinajstić information content (AvgIpc) is 2.89. The molecular weight excluding hydrogens is 462 g/mol. The zero-order valence-electron chi connectivity index (χ0n) is 20.0. The third kappa shape index (κ3) is 6.72. The van der Waals surface area contributed by atoms with Crippen molar-refractivity contribution < 1.29 is 19.7 Å². The van der Waals surface area contributed by atoms with E-state index in [2.05, 4.69) is 14.9 Å². The number of benzene rings is 1. The molecule has 186 valence electrons. The predicted molar refractivity (Wildman–Crippen MR) is 138 cm³/mol. The number of aliphatic hydroxyl groups excluding tert-OH is 1. The van der Waals surface area contributed by atoms with Crippen molar-refractivity contribution >= 4 is 28.6 Å². The minimum atomic E-state index is -0.740. The van der Waals surface area contributed by atoms with Gasteiger partial charge in [-0.15, -0.1) is 11.8 Å². The zero-order valence-corrected chi connectivity index (χ0v) is 20.9. The lowest BCUT2D eigenvalue weighted by Crippen LogP contribution is -2.44. The Hall–Kier alpha value is -2.68. The second-order valence-corrected chi connectivity index (χ2v) is 10.2. The number of carbonyl (C=O) groups is 1. The van der Waals surface area contributed by atoms with Gasteiger partial charge in [-0.3, -0.25) is 9.78 Å². The van der Waals surface area contributed by atoms with Crippen molar-refractivity contribution in [3.05, 3.63) is 60.4 Å². The number of rotatable bonds is 11. The van der Waals surface area contributed by atoms with E-state index in [-0.39, 0.29) is 5.92 Å². The van der Waals surface area contributed by atoms with Crippen LogP contribution in [0.3, 0.4) is 0 Å². The van der Waals surface area contributed by atoms with Crippen LogP contribution in [0, 0.1) is 11.8 Å². The van der Waals surface area contributed by atoms with Gasteiger partial charge in [-0.1, -0.05) is 6.07 Å². The normalized spacial score (nSPS) is 19.5. The van der Waals surface area contributed by atoms with Gasteiger partial charge in [0.15, 0.2) is 0 Å². The van der Waals surface area contributed by atoms with E-state index in [1.165, 1.54) is 0 Å². The van der Waals surface area contributed by atoms with Crippen LogP contribution in [0.15, 0.2) is 59.9 Å². The molecule has 0 aliphatic carbocycles. The highest BCUT2D eigenvalue weighted by molar-refractivity contribution is 7.99. The van der Waals surface area contributed by atoms with Gasteiger partial charge in [-0.05, 0) is 86.7 Å². The molecule has 1 saturated heterocycles. The fourth-order valence-electron chi connectivity index (χ4n) is 4.89. The van der Waals surface area contributed by atoms with Crippen LogP contribution in [0.25, 0.3) is 10.9 Å². The highest BCUT2D eigenvalue weighted by Gasteiger charge is 2.34. The number of methoxy groups -OCH3 is 1. The van der Waals surface area contributed by atoms with Crippen molar-refractivity contribution in [2.24, 2.45) is 11.8 Å². The van der Waals surface area contributed by atoms with Gasteiger partial charge in [0.1, 0.15) is 5.75 Å². The summed E-state index contributed by atoms with van der Waals surface area (Å²) in [4.78, 5) is 23.1. The summed E-state index contributed by atoms with van der Waals surface area (Å²) in [5.74, 6) is 0.593. The number of hydrogen-bond acceptors (Lipinski definition) is 7. The third-order valence-corrected chi connectivity index (χ3v) is 7.85. The molecule has 2 N–H and O–H groups in total. The summed E-state index contributed by atoms with van der Waals surface area (Å²) < 4.78 is 5.34. The van der Waals surface area contributed by atoms with Crippen molar-refractivity contribution in [1.82, 2.24) is 14.9 Å². The predicted octanol–water partition coefficient (Wildman–Crippen LogP) is 4.66. The largest absolute Gasteiger partial charge is 0.497 e. The average molecular weight is 496 g/mol. The van der Waals surface area contributed by atoms with Gasteiger partial charge in [-0.2, -0.15) is 0 Å². The van der Waals surface area contributed by atoms with Crippen molar-refractivity contribution in [2.75, 3.05) is 32.5 Å². The summed E-state index contributed by atoms with van der Waals surface area (Å²) in [5, 5.41) is 22.8. The first-order valence-electron chi connectivity index (χ1n) is 12.1. The minimum absolute atomic E-state index is 0.0592. The summed E-state index contributed by atoms with van der Waals surface area (Å²) >= 11 is 1.73. The standard InChI is InChI=1S/C27H33N3O4S/c1-34-20-7-8-24-22(17-20)21(10-13-28-24)25(31)9-6-19-11-15-30(18-23(19)27(32)33)14-4-16-35-26-5-2-3-12-29-26/h2-3,5,7-8,10,12-13,17,19,23,25,31H,4,6,9,11,14-16,18H2,1H3,(H,32,33)/t19-,23+,25-/m1/s1. The van der Waals surface area contributed by atoms with Gasteiger partial charge in [-0.25, -0.2) is 4.98 Å². The molecule has 8 heteroatoms. The summed E-state index contributed by atoms with van der Waals surface area (Å²) in [6, 6.07) is 13.4. The highest BCUT2D eigenvalue weighted by Crippen LogP contribution is 2.34. The fourth-order valence-corrected chi connectivity index (χ4v) is 5.68. The number of fused-ring (bicyclic) bond motifs is 1. The Morgan fingerprint density at radius 2 is 2.11 bits per heavy atom. The fraction of sp³-hybridized carbons (Fsp3) is 0.444. The number of nitrogens with zero attached hydrogens (tertiary/aromatic N) is 3. The quantitative estimate of drug-likeness (QED) is 0.293. The number of pyridine rings is 2. The van der Waals surface area contributed by atoms with Gasteiger partial charge in [0.2, 0.25) is 0 Å². The first-order valence-corrected chi connectivity index (χ1v) is 13.1. The van der Waals surface area contributed by atoms with E-state index in [0.717, 1.165) is 58.9 Å². The Kier molecular flexibility index (Phi) is 8.95. The summed E-state index contributed by atoms with van der Waals surface area (Å²) in [6.07, 6.45) is 5.86. The van der Waals surface area contributed by atoms with Gasteiger partial charge in [0.25, 0.3) is 0 Å². The Morgan fingerprint density at radius 1 is 1.23 bits per heavy atom. The number of piperidine rings is 1. The molecule has 3 aromatic rings. The number of likely N-dealkylation sites (tertiary alicyclic amines) is 1. The molecule has 1 aromatic carbocycles. The van der Waals surface area contributed by atoms with Crippen LogP contribution < -0.4 is 4.74 Å². The van der Waals surface area contributed by atoms with Gasteiger partial charge in [0, 0.05) is 30.1 Å². The number of carboxylic acids is 1. The summed E-state index contributed by atoms with van der Waals surface area (Å²) in [7, 11) is 1.62. The summed E-state index contributed by atoms with van der Waals surface area (Å²) in [6.45, 7) is 2.36. The number of hydrogen-bond donors (Lipinski definition) is 2. The highest BCUT2D eigenvalue weighted by atomic mass is 32.2. The number of carboxylic acid groups (broad SMARTS) is 1. The number of ether oxygens (including phenoxy) is 1. The number of aliphatic hydroxyl groups is 1. The molecule has 0 unspecified atom stereocenters. The van der Waals surface area contributed by atoms with Crippen LogP contribution >= 0.6 is 11.8 Å². The molecule has 35 heavy (non-hydrogen) atoms. The van der Waals surface area contributed by atoms with Crippen LogP contribution in [0.5, 0.6) is 5.75 Å². The Bertz CT molecular complexity index is 1110. The number of thioether (sulfide) groups is 1. The first-order chi connectivity index (χ1) is 17.0. The molecule has 2 aromatic heterocycles. The lowest BCUT2D eigenvalue weighted by atomic mass is 9.81. The van der Waals surface area contributed by atoms with E-state index < -0.39 is 18.0 Å². The van der Waals surface area contributed by atoms with Crippen molar-refractivity contribution in [3.8, 4) is 5.75 Å². The van der Waals surface area contributed by atoms with Crippen molar-refractivity contribution in [1.29, 1.82) is 0 Å². The van der Waals surface area contributed by atoms with Crippen LogP contribution in [0.4, 0.5) is 0 Å². The molecular formula is C27H33N3O4S. The zero-order chi connectivity index (χ0) is 24.6. The molecule has 7 nitrogen and oxygen atoms in total. The maximum Gasteiger partial charge on any atom is 0.308 e. The second-order valence-electron chi connectivity index (χ2n) is 9.04. The SMILES string of the molecule is COc1ccc2nccc([C@H](O)CC[C@@H]3CCN(CCCSc4ccccn4)C[C@@H]3C(=O)O)c2c1. The van der Waals surface area contributed by atoms with Crippen LogP contribution in [-0.4, -0.2) is 63.5 Å². The Balaban J connectivity index is 1.30.